The maximum absolute atomic E-state index is 3.40. The van der Waals surface area contributed by atoms with E-state index in [-0.39, 0.29) is 0 Å². The lowest BCUT2D eigenvalue weighted by Crippen LogP contribution is -2.21. The zero-order valence-electron chi connectivity index (χ0n) is 6.95. The quantitative estimate of drug-likeness (QED) is 0.710. The van der Waals surface area contributed by atoms with Crippen molar-refractivity contribution < 1.29 is 0 Å². The number of hydrogen-bond acceptors (Lipinski definition) is 2. The first-order chi connectivity index (χ1) is 5.79. The minimum absolute atomic E-state index is 1.02. The number of halogens is 1. The summed E-state index contributed by atoms with van der Waals surface area (Å²) in [5, 5.41) is 6.81. The maximum Gasteiger partial charge on any atom is 0.0714 e. The Morgan fingerprint density at radius 1 is 1.17 bits per heavy atom. The van der Waals surface area contributed by atoms with Crippen LogP contribution in [0.2, 0.25) is 0 Å². The van der Waals surface area contributed by atoms with E-state index in [2.05, 4.69) is 52.3 Å². The van der Waals surface area contributed by atoms with E-state index in [1.807, 2.05) is 0 Å². The van der Waals surface area contributed by atoms with Crippen LogP contribution in [0, 0.1) is 10.5 Å². The van der Waals surface area contributed by atoms with Gasteiger partial charge in [-0.3, -0.25) is 0 Å². The first-order valence-corrected chi connectivity index (χ1v) is 5.14. The second kappa shape index (κ2) is 3.12. The SMILES string of the molecule is Cc1ccc(I)c2c1NCCN2. The number of fused-ring (bicyclic) bond motifs is 1. The molecule has 0 saturated heterocycles. The van der Waals surface area contributed by atoms with Gasteiger partial charge >= 0.3 is 0 Å². The standard InChI is InChI=1S/C9H11IN2/c1-6-2-3-7(10)9-8(6)11-4-5-12-9/h2-3,11-12H,4-5H2,1H3. The first kappa shape index (κ1) is 8.16. The largest absolute Gasteiger partial charge is 0.381 e. The molecule has 2 rings (SSSR count). The Kier molecular flexibility index (Phi) is 2.12. The molecule has 1 aromatic rings. The molecule has 1 aliphatic heterocycles. The zero-order valence-corrected chi connectivity index (χ0v) is 9.10. The fourth-order valence-corrected chi connectivity index (χ4v) is 2.10. The van der Waals surface area contributed by atoms with Gasteiger partial charge in [0.25, 0.3) is 0 Å². The van der Waals surface area contributed by atoms with Crippen LogP contribution in [0.1, 0.15) is 5.56 Å². The van der Waals surface area contributed by atoms with Crippen molar-refractivity contribution in [2.45, 2.75) is 6.92 Å². The van der Waals surface area contributed by atoms with Gasteiger partial charge in [0.05, 0.1) is 11.4 Å². The van der Waals surface area contributed by atoms with Crippen LogP contribution in [0.15, 0.2) is 12.1 Å². The van der Waals surface area contributed by atoms with Gasteiger partial charge in [0.1, 0.15) is 0 Å². The molecule has 2 N–H and O–H groups in total. The molecule has 3 heteroatoms. The van der Waals surface area contributed by atoms with E-state index in [9.17, 15) is 0 Å². The van der Waals surface area contributed by atoms with Crippen molar-refractivity contribution in [2.24, 2.45) is 0 Å². The van der Waals surface area contributed by atoms with Crippen molar-refractivity contribution in [2.75, 3.05) is 23.7 Å². The van der Waals surface area contributed by atoms with Gasteiger partial charge in [0.2, 0.25) is 0 Å². The van der Waals surface area contributed by atoms with E-state index in [0.29, 0.717) is 0 Å². The minimum atomic E-state index is 1.02. The average Bonchev–Trinajstić information content (AvgIpc) is 2.12. The van der Waals surface area contributed by atoms with Crippen LogP contribution in [-0.4, -0.2) is 13.1 Å². The summed E-state index contributed by atoms with van der Waals surface area (Å²) in [5.41, 5.74) is 3.85. The van der Waals surface area contributed by atoms with Crippen LogP contribution in [0.5, 0.6) is 0 Å². The van der Waals surface area contributed by atoms with E-state index in [4.69, 9.17) is 0 Å². The number of anilines is 2. The molecule has 0 aliphatic carbocycles. The van der Waals surface area contributed by atoms with Crippen LogP contribution in [0.3, 0.4) is 0 Å². The van der Waals surface area contributed by atoms with Gasteiger partial charge in [-0.05, 0) is 41.1 Å². The van der Waals surface area contributed by atoms with Gasteiger partial charge < -0.3 is 10.6 Å². The Morgan fingerprint density at radius 3 is 2.50 bits per heavy atom. The molecular weight excluding hydrogens is 263 g/mol. The zero-order chi connectivity index (χ0) is 8.55. The summed E-state index contributed by atoms with van der Waals surface area (Å²) in [6.45, 7) is 4.18. The van der Waals surface area contributed by atoms with Gasteiger partial charge in [-0.15, -0.1) is 0 Å². The van der Waals surface area contributed by atoms with E-state index in [1.165, 1.54) is 20.5 Å². The molecule has 1 heterocycles. The molecule has 0 atom stereocenters. The Balaban J connectivity index is 2.57. The number of aryl methyl sites for hydroxylation is 1. The van der Waals surface area contributed by atoms with Crippen LogP contribution >= 0.6 is 22.6 Å². The van der Waals surface area contributed by atoms with E-state index in [1.54, 1.807) is 0 Å². The minimum Gasteiger partial charge on any atom is -0.381 e. The molecule has 0 saturated carbocycles. The molecule has 1 aliphatic rings. The molecule has 0 spiro atoms. The van der Waals surface area contributed by atoms with Crippen molar-refractivity contribution in [1.29, 1.82) is 0 Å². The highest BCUT2D eigenvalue weighted by atomic mass is 127. The molecular formula is C9H11IN2. The Bertz CT molecular complexity index is 279. The van der Waals surface area contributed by atoms with Crippen molar-refractivity contribution in [3.05, 3.63) is 21.3 Å². The third-order valence-electron chi connectivity index (χ3n) is 2.09. The molecule has 0 aromatic heterocycles. The van der Waals surface area contributed by atoms with Gasteiger partial charge in [-0.2, -0.15) is 0 Å². The molecule has 0 fully saturated rings. The van der Waals surface area contributed by atoms with Crippen LogP contribution in [0.25, 0.3) is 0 Å². The molecule has 0 bridgehead atoms. The summed E-state index contributed by atoms with van der Waals surface area (Å²) in [4.78, 5) is 0. The average molecular weight is 274 g/mol. The summed E-state index contributed by atoms with van der Waals surface area (Å²) < 4.78 is 1.29. The molecule has 1 aromatic carbocycles. The second-order valence-electron chi connectivity index (χ2n) is 2.97. The van der Waals surface area contributed by atoms with Gasteiger partial charge in [0.15, 0.2) is 0 Å². The van der Waals surface area contributed by atoms with Crippen LogP contribution in [0.4, 0.5) is 11.4 Å². The Morgan fingerprint density at radius 2 is 1.83 bits per heavy atom. The van der Waals surface area contributed by atoms with E-state index < -0.39 is 0 Å². The van der Waals surface area contributed by atoms with Crippen molar-refractivity contribution in [1.82, 2.24) is 0 Å². The highest BCUT2D eigenvalue weighted by Gasteiger charge is 2.12. The normalized spacial score (nSPS) is 14.5. The van der Waals surface area contributed by atoms with Crippen molar-refractivity contribution in [3.8, 4) is 0 Å². The maximum atomic E-state index is 3.40. The van der Waals surface area contributed by atoms with Gasteiger partial charge in [-0.25, -0.2) is 0 Å². The van der Waals surface area contributed by atoms with Crippen LogP contribution < -0.4 is 10.6 Å². The molecule has 64 valence electrons. The highest BCUT2D eigenvalue weighted by molar-refractivity contribution is 14.1. The molecule has 2 nitrogen and oxygen atoms in total. The fraction of sp³-hybridized carbons (Fsp3) is 0.333. The van der Waals surface area contributed by atoms with Gasteiger partial charge in [0, 0.05) is 16.7 Å². The third-order valence-corrected chi connectivity index (χ3v) is 2.99. The lowest BCUT2D eigenvalue weighted by Gasteiger charge is -2.22. The first-order valence-electron chi connectivity index (χ1n) is 4.06. The summed E-state index contributed by atoms with van der Waals surface area (Å²) in [7, 11) is 0. The van der Waals surface area contributed by atoms with Gasteiger partial charge in [-0.1, -0.05) is 6.07 Å². The number of rotatable bonds is 0. The monoisotopic (exact) mass is 274 g/mol. The third kappa shape index (κ3) is 1.26. The topological polar surface area (TPSA) is 24.1 Å². The Labute approximate surface area is 85.9 Å². The second-order valence-corrected chi connectivity index (χ2v) is 4.13. The number of nitrogens with one attached hydrogen (secondary N) is 2. The van der Waals surface area contributed by atoms with Crippen molar-refractivity contribution >= 4 is 34.0 Å². The number of benzene rings is 1. The van der Waals surface area contributed by atoms with Crippen molar-refractivity contribution in [3.63, 3.8) is 0 Å². The molecule has 0 unspecified atom stereocenters. The smallest absolute Gasteiger partial charge is 0.0714 e. The molecule has 0 amide bonds. The van der Waals surface area contributed by atoms with E-state index >= 15 is 0 Å². The Hall–Kier alpha value is -0.450. The summed E-state index contributed by atoms with van der Waals surface area (Å²) in [6.07, 6.45) is 0. The lowest BCUT2D eigenvalue weighted by molar-refractivity contribution is 1.04. The molecule has 12 heavy (non-hydrogen) atoms. The highest BCUT2D eigenvalue weighted by Crippen LogP contribution is 2.32. The predicted octanol–water partition coefficient (Wildman–Crippen LogP) is 2.44. The fourth-order valence-electron chi connectivity index (χ4n) is 1.46. The van der Waals surface area contributed by atoms with E-state index in [0.717, 1.165) is 13.1 Å². The molecule has 0 radical (unpaired) electrons. The summed E-state index contributed by atoms with van der Waals surface area (Å²) in [6, 6.07) is 4.30. The summed E-state index contributed by atoms with van der Waals surface area (Å²) >= 11 is 2.36. The lowest BCUT2D eigenvalue weighted by atomic mass is 10.1. The predicted molar refractivity (Wildman–Crippen MR) is 60.9 cm³/mol. The summed E-state index contributed by atoms with van der Waals surface area (Å²) in [5.74, 6) is 0. The number of hydrogen-bond donors (Lipinski definition) is 2. The van der Waals surface area contributed by atoms with Crippen LogP contribution in [-0.2, 0) is 0 Å².